The average Bonchev–Trinajstić information content (AvgIpc) is 2.66. The van der Waals surface area contributed by atoms with Gasteiger partial charge in [-0.2, -0.15) is 5.26 Å². The van der Waals surface area contributed by atoms with E-state index in [1.807, 2.05) is 18.2 Å². The molecular weight excluding hydrogens is 354 g/mol. The second-order valence-electron chi connectivity index (χ2n) is 7.77. The summed E-state index contributed by atoms with van der Waals surface area (Å²) in [6, 6.07) is 16.5. The van der Waals surface area contributed by atoms with Crippen molar-refractivity contribution in [3.8, 4) is 6.07 Å². The highest BCUT2D eigenvalue weighted by atomic mass is 19.1. The van der Waals surface area contributed by atoms with Gasteiger partial charge in [-0.1, -0.05) is 49.7 Å². The molecule has 0 saturated heterocycles. The SMILES string of the molecule is CCN(CCCC(C#N)(c1c(F)cccc1F)C1CCC1)Cc1ccccc1. The van der Waals surface area contributed by atoms with Gasteiger partial charge in [0, 0.05) is 12.1 Å². The Morgan fingerprint density at radius 2 is 1.75 bits per heavy atom. The molecule has 0 amide bonds. The molecule has 28 heavy (non-hydrogen) atoms. The van der Waals surface area contributed by atoms with E-state index in [1.54, 1.807) is 0 Å². The lowest BCUT2D eigenvalue weighted by Crippen LogP contribution is -2.40. The van der Waals surface area contributed by atoms with Gasteiger partial charge in [0.2, 0.25) is 0 Å². The Morgan fingerprint density at radius 3 is 2.29 bits per heavy atom. The van der Waals surface area contributed by atoms with Gasteiger partial charge in [-0.25, -0.2) is 8.78 Å². The van der Waals surface area contributed by atoms with Crippen molar-refractivity contribution in [3.05, 3.63) is 71.3 Å². The number of halogens is 2. The number of nitrogens with zero attached hydrogens (tertiary/aromatic N) is 2. The van der Waals surface area contributed by atoms with Crippen LogP contribution in [0.15, 0.2) is 48.5 Å². The summed E-state index contributed by atoms with van der Waals surface area (Å²) < 4.78 is 29.2. The summed E-state index contributed by atoms with van der Waals surface area (Å²) in [5, 5.41) is 10.1. The molecule has 0 heterocycles. The van der Waals surface area contributed by atoms with Gasteiger partial charge in [-0.15, -0.1) is 0 Å². The molecule has 0 spiro atoms. The van der Waals surface area contributed by atoms with Crippen LogP contribution in [0.5, 0.6) is 0 Å². The van der Waals surface area contributed by atoms with E-state index in [0.717, 1.165) is 45.3 Å². The van der Waals surface area contributed by atoms with Gasteiger partial charge in [-0.05, 0) is 62.4 Å². The van der Waals surface area contributed by atoms with Crippen molar-refractivity contribution in [1.29, 1.82) is 5.26 Å². The maximum Gasteiger partial charge on any atom is 0.130 e. The van der Waals surface area contributed by atoms with Crippen LogP contribution in [0.2, 0.25) is 0 Å². The van der Waals surface area contributed by atoms with Crippen LogP contribution in [0, 0.1) is 28.9 Å². The first-order chi connectivity index (χ1) is 13.6. The standard InChI is InChI=1S/C24H28F2N2/c1-2-28(17-19-9-4-3-5-10-19)16-8-15-24(18-27,20-11-6-12-20)23-21(25)13-7-14-22(23)26/h3-5,7,9-10,13-14,20H,2,6,8,11-12,15-17H2,1H3. The Hall–Kier alpha value is -2.25. The number of nitriles is 1. The third kappa shape index (κ3) is 4.25. The molecule has 0 aromatic heterocycles. The molecule has 2 nitrogen and oxygen atoms in total. The molecule has 3 rings (SSSR count). The Kier molecular flexibility index (Phi) is 6.80. The van der Waals surface area contributed by atoms with E-state index in [2.05, 4.69) is 30.0 Å². The molecule has 0 N–H and O–H groups in total. The van der Waals surface area contributed by atoms with Gasteiger partial charge < -0.3 is 0 Å². The summed E-state index contributed by atoms with van der Waals surface area (Å²) in [7, 11) is 0. The minimum absolute atomic E-state index is 0.0201. The Morgan fingerprint density at radius 1 is 1.07 bits per heavy atom. The molecule has 1 atom stereocenters. The minimum Gasteiger partial charge on any atom is -0.299 e. The first-order valence-corrected chi connectivity index (χ1v) is 10.2. The molecule has 4 heteroatoms. The number of benzene rings is 2. The lowest BCUT2D eigenvalue weighted by atomic mass is 9.60. The molecule has 0 radical (unpaired) electrons. The molecule has 1 unspecified atom stereocenters. The fourth-order valence-electron chi connectivity index (χ4n) is 4.33. The van der Waals surface area contributed by atoms with Crippen LogP contribution in [0.3, 0.4) is 0 Å². The van der Waals surface area contributed by atoms with E-state index in [-0.39, 0.29) is 11.5 Å². The Bertz CT molecular complexity index is 791. The quantitative estimate of drug-likeness (QED) is 0.546. The van der Waals surface area contributed by atoms with Crippen LogP contribution in [0.1, 0.15) is 50.2 Å². The average molecular weight is 382 g/mol. The summed E-state index contributed by atoms with van der Waals surface area (Å²) in [5.41, 5.74) is 0.156. The first-order valence-electron chi connectivity index (χ1n) is 10.2. The first kappa shape index (κ1) is 20.5. The van der Waals surface area contributed by atoms with E-state index >= 15 is 0 Å². The highest BCUT2D eigenvalue weighted by Gasteiger charge is 2.46. The zero-order chi connectivity index (χ0) is 20.0. The largest absolute Gasteiger partial charge is 0.299 e. The van der Waals surface area contributed by atoms with Crippen molar-refractivity contribution in [3.63, 3.8) is 0 Å². The zero-order valence-corrected chi connectivity index (χ0v) is 16.5. The minimum atomic E-state index is -1.07. The molecule has 2 aromatic carbocycles. The predicted octanol–water partition coefficient (Wildman–Crippen LogP) is 5.83. The molecule has 1 aliphatic rings. The highest BCUT2D eigenvalue weighted by Crippen LogP contribution is 2.48. The summed E-state index contributed by atoms with van der Waals surface area (Å²) >= 11 is 0. The van der Waals surface area contributed by atoms with Crippen LogP contribution < -0.4 is 0 Å². The second-order valence-corrected chi connectivity index (χ2v) is 7.77. The topological polar surface area (TPSA) is 27.0 Å². The van der Waals surface area contributed by atoms with Crippen molar-refractivity contribution < 1.29 is 8.78 Å². The summed E-state index contributed by atoms with van der Waals surface area (Å²) in [5.74, 6) is -1.15. The van der Waals surface area contributed by atoms with E-state index in [1.165, 1.54) is 23.8 Å². The lowest BCUT2D eigenvalue weighted by Gasteiger charge is -2.41. The van der Waals surface area contributed by atoms with Crippen LogP contribution in [0.25, 0.3) is 0 Å². The van der Waals surface area contributed by atoms with Gasteiger partial charge in [0.05, 0.1) is 11.5 Å². The maximum absolute atomic E-state index is 14.6. The molecule has 148 valence electrons. The maximum atomic E-state index is 14.6. The van der Waals surface area contributed by atoms with Gasteiger partial charge >= 0.3 is 0 Å². The van der Waals surface area contributed by atoms with E-state index in [0.29, 0.717) is 6.42 Å². The zero-order valence-electron chi connectivity index (χ0n) is 16.5. The molecule has 2 aromatic rings. The van der Waals surface area contributed by atoms with Crippen molar-refractivity contribution >= 4 is 0 Å². The van der Waals surface area contributed by atoms with Crippen LogP contribution in [-0.4, -0.2) is 18.0 Å². The molecule has 0 aliphatic heterocycles. The normalized spacial score (nSPS) is 16.4. The van der Waals surface area contributed by atoms with Gasteiger partial charge in [-0.3, -0.25) is 4.90 Å². The Balaban J connectivity index is 1.75. The van der Waals surface area contributed by atoms with E-state index < -0.39 is 17.0 Å². The van der Waals surface area contributed by atoms with E-state index in [9.17, 15) is 14.0 Å². The fraction of sp³-hybridized carbons (Fsp3) is 0.458. The molecule has 1 fully saturated rings. The second kappa shape index (κ2) is 9.30. The van der Waals surface area contributed by atoms with Gasteiger partial charge in [0.25, 0.3) is 0 Å². The van der Waals surface area contributed by atoms with Gasteiger partial charge in [0.1, 0.15) is 11.6 Å². The van der Waals surface area contributed by atoms with Crippen molar-refractivity contribution in [2.24, 2.45) is 5.92 Å². The van der Waals surface area contributed by atoms with Crippen LogP contribution >= 0.6 is 0 Å². The fourth-order valence-corrected chi connectivity index (χ4v) is 4.33. The summed E-state index contributed by atoms with van der Waals surface area (Å²) in [6.45, 7) is 4.65. The smallest absolute Gasteiger partial charge is 0.130 e. The highest BCUT2D eigenvalue weighted by molar-refractivity contribution is 5.37. The van der Waals surface area contributed by atoms with Crippen LogP contribution in [0.4, 0.5) is 8.78 Å². The predicted molar refractivity (Wildman–Crippen MR) is 108 cm³/mol. The molecule has 1 saturated carbocycles. The Labute approximate surface area is 166 Å². The third-order valence-corrected chi connectivity index (χ3v) is 6.15. The van der Waals surface area contributed by atoms with Crippen molar-refractivity contribution in [2.75, 3.05) is 13.1 Å². The monoisotopic (exact) mass is 382 g/mol. The number of hydrogen-bond donors (Lipinski definition) is 0. The number of hydrogen-bond acceptors (Lipinski definition) is 2. The van der Waals surface area contributed by atoms with E-state index in [4.69, 9.17) is 0 Å². The molecule has 0 bridgehead atoms. The molecule has 1 aliphatic carbocycles. The number of rotatable bonds is 9. The van der Waals surface area contributed by atoms with Crippen LogP contribution in [-0.2, 0) is 12.0 Å². The van der Waals surface area contributed by atoms with Crippen molar-refractivity contribution in [1.82, 2.24) is 4.90 Å². The lowest BCUT2D eigenvalue weighted by molar-refractivity contribution is 0.176. The third-order valence-electron chi connectivity index (χ3n) is 6.15. The van der Waals surface area contributed by atoms with Gasteiger partial charge in [0.15, 0.2) is 0 Å². The van der Waals surface area contributed by atoms with Crippen molar-refractivity contribution in [2.45, 2.75) is 51.0 Å². The summed E-state index contributed by atoms with van der Waals surface area (Å²) in [4.78, 5) is 2.32. The summed E-state index contributed by atoms with van der Waals surface area (Å²) in [6.07, 6.45) is 3.97. The molecular formula is C24H28F2N2.